The minimum Gasteiger partial charge on any atom is -0.207 e. The molecule has 0 aliphatic rings. The van der Waals surface area contributed by atoms with E-state index in [1.54, 1.807) is 6.07 Å². The van der Waals surface area contributed by atoms with Crippen LogP contribution in [0, 0.1) is 9.39 Å². The third-order valence-corrected chi connectivity index (χ3v) is 2.80. The molecule has 0 aliphatic carbocycles. The second kappa shape index (κ2) is 4.75. The first-order valence-corrected chi connectivity index (χ1v) is 5.81. The Morgan fingerprint density at radius 3 is 2.33 bits per heavy atom. The Kier molecular flexibility index (Phi) is 3.36. The SMILES string of the molecule is Fc1cc(I)cc(Cc2ccccc2)c1. The number of rotatable bonds is 2. The molecule has 76 valence electrons. The second-order valence-electron chi connectivity index (χ2n) is 3.44. The summed E-state index contributed by atoms with van der Waals surface area (Å²) >= 11 is 2.13. The van der Waals surface area contributed by atoms with Crippen LogP contribution in [0.4, 0.5) is 4.39 Å². The molecule has 2 heteroatoms. The third-order valence-electron chi connectivity index (χ3n) is 2.17. The summed E-state index contributed by atoms with van der Waals surface area (Å²) < 4.78 is 14.1. The monoisotopic (exact) mass is 312 g/mol. The lowest BCUT2D eigenvalue weighted by atomic mass is 10.1. The van der Waals surface area contributed by atoms with Gasteiger partial charge in [-0.25, -0.2) is 4.39 Å². The zero-order chi connectivity index (χ0) is 10.7. The lowest BCUT2D eigenvalue weighted by molar-refractivity contribution is 0.625. The molecule has 0 aliphatic heterocycles. The molecule has 0 heterocycles. The van der Waals surface area contributed by atoms with Crippen molar-refractivity contribution in [2.75, 3.05) is 0 Å². The topological polar surface area (TPSA) is 0 Å². The van der Waals surface area contributed by atoms with Crippen LogP contribution < -0.4 is 0 Å². The van der Waals surface area contributed by atoms with Gasteiger partial charge in [-0.05, 0) is 58.3 Å². The lowest BCUT2D eigenvalue weighted by Crippen LogP contribution is -1.90. The molecule has 0 saturated heterocycles. The summed E-state index contributed by atoms with van der Waals surface area (Å²) in [6.45, 7) is 0. The largest absolute Gasteiger partial charge is 0.207 e. The van der Waals surface area contributed by atoms with Crippen LogP contribution in [0.2, 0.25) is 0 Å². The van der Waals surface area contributed by atoms with Crippen LogP contribution >= 0.6 is 22.6 Å². The molecule has 15 heavy (non-hydrogen) atoms. The van der Waals surface area contributed by atoms with Gasteiger partial charge < -0.3 is 0 Å². The van der Waals surface area contributed by atoms with Crippen LogP contribution in [0.25, 0.3) is 0 Å². The van der Waals surface area contributed by atoms with E-state index in [9.17, 15) is 4.39 Å². The molecule has 2 rings (SSSR count). The van der Waals surface area contributed by atoms with Gasteiger partial charge in [-0.15, -0.1) is 0 Å². The molecule has 0 aromatic heterocycles. The van der Waals surface area contributed by atoms with E-state index in [2.05, 4.69) is 34.7 Å². The normalized spacial score (nSPS) is 10.3. The van der Waals surface area contributed by atoms with Gasteiger partial charge in [0, 0.05) is 3.57 Å². The van der Waals surface area contributed by atoms with E-state index in [0.717, 1.165) is 15.6 Å². The van der Waals surface area contributed by atoms with Gasteiger partial charge in [0.25, 0.3) is 0 Å². The fourth-order valence-electron chi connectivity index (χ4n) is 1.54. The van der Waals surface area contributed by atoms with Crippen molar-refractivity contribution in [2.24, 2.45) is 0 Å². The van der Waals surface area contributed by atoms with Gasteiger partial charge in [0.1, 0.15) is 5.82 Å². The van der Waals surface area contributed by atoms with E-state index in [-0.39, 0.29) is 5.82 Å². The zero-order valence-corrected chi connectivity index (χ0v) is 10.2. The number of benzene rings is 2. The molecule has 0 fully saturated rings. The first-order valence-electron chi connectivity index (χ1n) is 4.73. The first kappa shape index (κ1) is 10.6. The van der Waals surface area contributed by atoms with Crippen molar-refractivity contribution < 1.29 is 4.39 Å². The summed E-state index contributed by atoms with van der Waals surface area (Å²) in [6, 6.07) is 15.2. The second-order valence-corrected chi connectivity index (χ2v) is 4.69. The van der Waals surface area contributed by atoms with E-state index in [4.69, 9.17) is 0 Å². The Morgan fingerprint density at radius 1 is 0.933 bits per heavy atom. The van der Waals surface area contributed by atoms with Gasteiger partial charge >= 0.3 is 0 Å². The number of halogens is 2. The van der Waals surface area contributed by atoms with Gasteiger partial charge in [0.05, 0.1) is 0 Å². The molecule has 0 amide bonds. The van der Waals surface area contributed by atoms with Crippen LogP contribution in [-0.4, -0.2) is 0 Å². The molecule has 2 aromatic carbocycles. The van der Waals surface area contributed by atoms with Crippen molar-refractivity contribution in [2.45, 2.75) is 6.42 Å². The molecule has 0 radical (unpaired) electrons. The fraction of sp³-hybridized carbons (Fsp3) is 0.0769. The predicted molar refractivity (Wildman–Crippen MR) is 68.4 cm³/mol. The van der Waals surface area contributed by atoms with Crippen LogP contribution in [0.15, 0.2) is 48.5 Å². The summed E-state index contributed by atoms with van der Waals surface area (Å²) in [5.41, 5.74) is 2.23. The summed E-state index contributed by atoms with van der Waals surface area (Å²) in [6.07, 6.45) is 0.786. The van der Waals surface area contributed by atoms with E-state index in [1.165, 1.54) is 11.6 Å². The highest BCUT2D eigenvalue weighted by atomic mass is 127. The molecule has 0 bridgehead atoms. The molecule has 0 nitrogen and oxygen atoms in total. The molecule has 0 saturated carbocycles. The highest BCUT2D eigenvalue weighted by Gasteiger charge is 2.00. The minimum absolute atomic E-state index is 0.159. The van der Waals surface area contributed by atoms with Crippen molar-refractivity contribution in [3.8, 4) is 0 Å². The maximum atomic E-state index is 13.1. The molecular formula is C13H10FI. The molecule has 0 atom stereocenters. The predicted octanol–water partition coefficient (Wildman–Crippen LogP) is 4.02. The Hall–Kier alpha value is -0.900. The summed E-state index contributed by atoms with van der Waals surface area (Å²) in [5, 5.41) is 0. The summed E-state index contributed by atoms with van der Waals surface area (Å²) in [7, 11) is 0. The van der Waals surface area contributed by atoms with Gasteiger partial charge in [0.15, 0.2) is 0 Å². The Bertz CT molecular complexity index is 431. The average Bonchev–Trinajstić information content (AvgIpc) is 2.17. The van der Waals surface area contributed by atoms with Crippen LogP contribution in [-0.2, 0) is 6.42 Å². The van der Waals surface area contributed by atoms with Crippen LogP contribution in [0.5, 0.6) is 0 Å². The fourth-order valence-corrected chi connectivity index (χ4v) is 2.24. The number of hydrogen-bond acceptors (Lipinski definition) is 0. The van der Waals surface area contributed by atoms with Crippen molar-refractivity contribution in [3.63, 3.8) is 0 Å². The van der Waals surface area contributed by atoms with Crippen molar-refractivity contribution in [1.29, 1.82) is 0 Å². The van der Waals surface area contributed by atoms with Crippen molar-refractivity contribution in [1.82, 2.24) is 0 Å². The van der Waals surface area contributed by atoms with Crippen molar-refractivity contribution in [3.05, 3.63) is 69.0 Å². The Labute approximate surface area is 102 Å². The summed E-state index contributed by atoms with van der Waals surface area (Å²) in [5.74, 6) is -0.159. The third kappa shape index (κ3) is 3.02. The van der Waals surface area contributed by atoms with Gasteiger partial charge in [-0.1, -0.05) is 30.3 Å². The minimum atomic E-state index is -0.159. The highest BCUT2D eigenvalue weighted by molar-refractivity contribution is 14.1. The van der Waals surface area contributed by atoms with E-state index in [0.29, 0.717) is 0 Å². The standard InChI is InChI=1S/C13H10FI/c14-12-7-11(8-13(15)9-12)6-10-4-2-1-3-5-10/h1-5,7-9H,6H2. The lowest BCUT2D eigenvalue weighted by Gasteiger charge is -2.02. The van der Waals surface area contributed by atoms with Crippen molar-refractivity contribution >= 4 is 22.6 Å². The highest BCUT2D eigenvalue weighted by Crippen LogP contribution is 2.15. The van der Waals surface area contributed by atoms with Gasteiger partial charge in [-0.3, -0.25) is 0 Å². The molecule has 0 spiro atoms. The maximum Gasteiger partial charge on any atom is 0.124 e. The molecule has 0 N–H and O–H groups in total. The van der Waals surface area contributed by atoms with Gasteiger partial charge in [-0.2, -0.15) is 0 Å². The van der Waals surface area contributed by atoms with E-state index >= 15 is 0 Å². The molecule has 2 aromatic rings. The van der Waals surface area contributed by atoms with Gasteiger partial charge in [0.2, 0.25) is 0 Å². The van der Waals surface area contributed by atoms with E-state index < -0.39 is 0 Å². The summed E-state index contributed by atoms with van der Waals surface area (Å²) in [4.78, 5) is 0. The van der Waals surface area contributed by atoms with Crippen LogP contribution in [0.1, 0.15) is 11.1 Å². The first-order chi connectivity index (χ1) is 7.24. The molecule has 0 unspecified atom stereocenters. The zero-order valence-electron chi connectivity index (χ0n) is 8.08. The number of hydrogen-bond donors (Lipinski definition) is 0. The quantitative estimate of drug-likeness (QED) is 0.735. The van der Waals surface area contributed by atoms with Crippen LogP contribution in [0.3, 0.4) is 0 Å². The Balaban J connectivity index is 2.25. The smallest absolute Gasteiger partial charge is 0.124 e. The Morgan fingerprint density at radius 2 is 1.67 bits per heavy atom. The van der Waals surface area contributed by atoms with E-state index in [1.807, 2.05) is 24.3 Å². The average molecular weight is 312 g/mol. The maximum absolute atomic E-state index is 13.1. The molecular weight excluding hydrogens is 302 g/mol.